The van der Waals surface area contributed by atoms with Crippen LogP contribution in [0.3, 0.4) is 0 Å². The third-order valence-electron chi connectivity index (χ3n) is 1.70. The highest BCUT2D eigenvalue weighted by molar-refractivity contribution is 5.23. The van der Waals surface area contributed by atoms with Gasteiger partial charge in [0.2, 0.25) is 0 Å². The molecule has 0 atom stereocenters. The molecule has 0 aliphatic carbocycles. The summed E-state index contributed by atoms with van der Waals surface area (Å²) in [6.45, 7) is 4.26. The van der Waals surface area contributed by atoms with Crippen LogP contribution >= 0.6 is 0 Å². The Bertz CT molecular complexity index is 215. The molecule has 2 N–H and O–H groups in total. The van der Waals surface area contributed by atoms with Crippen LogP contribution < -0.4 is 0 Å². The number of aromatic nitrogens is 1. The molecule has 0 aliphatic heterocycles. The molecule has 56 valence electrons. The maximum atomic E-state index is 8.74. The molecule has 1 aromatic heterocycles. The highest BCUT2D eigenvalue weighted by Gasteiger charge is 1.99. The molecule has 0 unspecified atom stereocenters. The number of rotatable bonds is 2. The Balaban J connectivity index is 2.92. The lowest BCUT2D eigenvalue weighted by Crippen LogP contribution is -1.84. The average molecular weight is 139 g/mol. The molecular weight excluding hydrogens is 126 g/mol. The van der Waals surface area contributed by atoms with Crippen LogP contribution in [0.5, 0.6) is 0 Å². The number of H-pyrrole nitrogens is 1. The van der Waals surface area contributed by atoms with Gasteiger partial charge in [-0.2, -0.15) is 0 Å². The summed E-state index contributed by atoms with van der Waals surface area (Å²) in [6.07, 6.45) is 1.01. The maximum absolute atomic E-state index is 8.74. The molecule has 1 rings (SSSR count). The van der Waals surface area contributed by atoms with E-state index in [0.29, 0.717) is 0 Å². The van der Waals surface area contributed by atoms with E-state index in [4.69, 9.17) is 5.11 Å². The largest absolute Gasteiger partial charge is 0.390 e. The fourth-order valence-electron chi connectivity index (χ4n) is 1.13. The third kappa shape index (κ3) is 1.21. The van der Waals surface area contributed by atoms with Crippen molar-refractivity contribution in [2.24, 2.45) is 0 Å². The van der Waals surface area contributed by atoms with Crippen LogP contribution in [0.2, 0.25) is 0 Å². The van der Waals surface area contributed by atoms with Crippen LogP contribution in [0, 0.1) is 6.92 Å². The molecule has 0 aromatic carbocycles. The van der Waals surface area contributed by atoms with E-state index in [-0.39, 0.29) is 6.61 Å². The highest BCUT2D eigenvalue weighted by atomic mass is 16.3. The van der Waals surface area contributed by atoms with Gasteiger partial charge < -0.3 is 10.1 Å². The molecule has 0 bridgehead atoms. The summed E-state index contributed by atoms with van der Waals surface area (Å²) >= 11 is 0. The first kappa shape index (κ1) is 7.35. The second kappa shape index (κ2) is 2.88. The molecule has 2 heteroatoms. The summed E-state index contributed by atoms with van der Waals surface area (Å²) in [4.78, 5) is 3.13. The summed E-state index contributed by atoms with van der Waals surface area (Å²) < 4.78 is 0. The van der Waals surface area contributed by atoms with Crippen molar-refractivity contribution in [1.29, 1.82) is 0 Å². The van der Waals surface area contributed by atoms with Crippen molar-refractivity contribution in [2.45, 2.75) is 26.9 Å². The first-order valence-electron chi connectivity index (χ1n) is 3.56. The fraction of sp³-hybridized carbons (Fsp3) is 0.500. The normalized spacial score (nSPS) is 10.3. The summed E-state index contributed by atoms with van der Waals surface area (Å²) in [5, 5.41) is 8.74. The molecule has 10 heavy (non-hydrogen) atoms. The first-order chi connectivity index (χ1) is 4.77. The number of aliphatic hydroxyl groups is 1. The summed E-state index contributed by atoms with van der Waals surface area (Å²) in [7, 11) is 0. The number of hydrogen-bond donors (Lipinski definition) is 2. The zero-order chi connectivity index (χ0) is 7.56. The molecule has 0 spiro atoms. The lowest BCUT2D eigenvalue weighted by atomic mass is 10.2. The van der Waals surface area contributed by atoms with Crippen molar-refractivity contribution in [2.75, 3.05) is 0 Å². The lowest BCUT2D eigenvalue weighted by Gasteiger charge is -1.90. The van der Waals surface area contributed by atoms with Crippen molar-refractivity contribution in [3.63, 3.8) is 0 Å². The minimum Gasteiger partial charge on any atom is -0.390 e. The third-order valence-corrected chi connectivity index (χ3v) is 1.70. The van der Waals surface area contributed by atoms with Crippen molar-refractivity contribution >= 4 is 0 Å². The van der Waals surface area contributed by atoms with Crippen molar-refractivity contribution < 1.29 is 5.11 Å². The number of aryl methyl sites for hydroxylation is 2. The van der Waals surface area contributed by atoms with Gasteiger partial charge in [0.25, 0.3) is 0 Å². The molecule has 0 saturated heterocycles. The Morgan fingerprint density at radius 1 is 1.60 bits per heavy atom. The topological polar surface area (TPSA) is 36.0 Å². The van der Waals surface area contributed by atoms with E-state index >= 15 is 0 Å². The molecule has 1 heterocycles. The molecule has 1 aromatic rings. The van der Waals surface area contributed by atoms with Crippen molar-refractivity contribution in [3.8, 4) is 0 Å². The van der Waals surface area contributed by atoms with Gasteiger partial charge in [0, 0.05) is 11.4 Å². The minimum atomic E-state index is 0.112. The van der Waals surface area contributed by atoms with Gasteiger partial charge in [0.1, 0.15) is 0 Å². The highest BCUT2D eigenvalue weighted by Crippen LogP contribution is 2.09. The number of nitrogens with one attached hydrogen (secondary N) is 1. The lowest BCUT2D eigenvalue weighted by molar-refractivity contribution is 0.277. The second-order valence-electron chi connectivity index (χ2n) is 2.47. The quantitative estimate of drug-likeness (QED) is 0.638. The molecule has 0 aliphatic rings. The fourth-order valence-corrected chi connectivity index (χ4v) is 1.13. The van der Waals surface area contributed by atoms with E-state index in [9.17, 15) is 0 Å². The Morgan fingerprint density at radius 2 is 2.30 bits per heavy atom. The number of aromatic amines is 1. The van der Waals surface area contributed by atoms with E-state index in [1.165, 1.54) is 11.3 Å². The summed E-state index contributed by atoms with van der Waals surface area (Å²) in [5.74, 6) is 0. The van der Waals surface area contributed by atoms with Crippen molar-refractivity contribution in [3.05, 3.63) is 23.0 Å². The molecule has 0 radical (unpaired) electrons. The van der Waals surface area contributed by atoms with Crippen LogP contribution in [-0.4, -0.2) is 10.1 Å². The Morgan fingerprint density at radius 3 is 2.60 bits per heavy atom. The summed E-state index contributed by atoms with van der Waals surface area (Å²) in [5.41, 5.74) is 3.38. The van der Waals surface area contributed by atoms with Crippen LogP contribution in [0.15, 0.2) is 6.07 Å². The van der Waals surface area contributed by atoms with Crippen LogP contribution in [-0.2, 0) is 13.0 Å². The van der Waals surface area contributed by atoms with Crippen LogP contribution in [0.4, 0.5) is 0 Å². The zero-order valence-electron chi connectivity index (χ0n) is 6.44. The van der Waals surface area contributed by atoms with E-state index in [2.05, 4.69) is 18.8 Å². The van der Waals surface area contributed by atoms with E-state index in [1.54, 1.807) is 0 Å². The Kier molecular flexibility index (Phi) is 2.12. The van der Waals surface area contributed by atoms with E-state index < -0.39 is 0 Å². The van der Waals surface area contributed by atoms with Gasteiger partial charge in [0.15, 0.2) is 0 Å². The van der Waals surface area contributed by atoms with Gasteiger partial charge in [-0.1, -0.05) is 6.92 Å². The molecule has 0 amide bonds. The smallest absolute Gasteiger partial charge is 0.0830 e. The van der Waals surface area contributed by atoms with Crippen LogP contribution in [0.1, 0.15) is 23.9 Å². The molecular formula is C8H13NO. The SMILES string of the molecule is CCc1[nH]c(CO)cc1C. The predicted molar refractivity (Wildman–Crippen MR) is 40.8 cm³/mol. The molecule has 0 fully saturated rings. The minimum absolute atomic E-state index is 0.112. The predicted octanol–water partition coefficient (Wildman–Crippen LogP) is 1.38. The standard InChI is InChI=1S/C8H13NO/c1-3-8-6(2)4-7(5-10)9-8/h4,9-10H,3,5H2,1-2H3. The van der Waals surface area contributed by atoms with Gasteiger partial charge in [0.05, 0.1) is 6.61 Å². The first-order valence-corrected chi connectivity index (χ1v) is 3.56. The van der Waals surface area contributed by atoms with Gasteiger partial charge in [-0.05, 0) is 25.0 Å². The van der Waals surface area contributed by atoms with Crippen molar-refractivity contribution in [1.82, 2.24) is 4.98 Å². The monoisotopic (exact) mass is 139 g/mol. The average Bonchev–Trinajstić information content (AvgIpc) is 2.30. The van der Waals surface area contributed by atoms with E-state index in [1.807, 2.05) is 6.07 Å². The second-order valence-corrected chi connectivity index (χ2v) is 2.47. The van der Waals surface area contributed by atoms with Gasteiger partial charge in [-0.25, -0.2) is 0 Å². The van der Waals surface area contributed by atoms with E-state index in [0.717, 1.165) is 12.1 Å². The molecule has 2 nitrogen and oxygen atoms in total. The summed E-state index contributed by atoms with van der Waals surface area (Å²) in [6, 6.07) is 1.98. The van der Waals surface area contributed by atoms with Crippen LogP contribution in [0.25, 0.3) is 0 Å². The van der Waals surface area contributed by atoms with Gasteiger partial charge in [-0.3, -0.25) is 0 Å². The number of aliphatic hydroxyl groups excluding tert-OH is 1. The maximum Gasteiger partial charge on any atom is 0.0830 e. The molecule has 0 saturated carbocycles. The Labute approximate surface area is 60.9 Å². The zero-order valence-corrected chi connectivity index (χ0v) is 6.44. The van der Waals surface area contributed by atoms with Gasteiger partial charge in [-0.15, -0.1) is 0 Å². The Hall–Kier alpha value is -0.760. The number of hydrogen-bond acceptors (Lipinski definition) is 1. The van der Waals surface area contributed by atoms with Gasteiger partial charge >= 0.3 is 0 Å².